The van der Waals surface area contributed by atoms with Gasteiger partial charge in [0.25, 0.3) is 0 Å². The Labute approximate surface area is 206 Å². The summed E-state index contributed by atoms with van der Waals surface area (Å²) < 4.78 is 0. The predicted molar refractivity (Wildman–Crippen MR) is 149 cm³/mol. The lowest BCUT2D eigenvalue weighted by Crippen LogP contribution is -2.35. The Bertz CT molecular complexity index is 1210. The quantitative estimate of drug-likeness (QED) is 0.452. The second-order valence-electron chi connectivity index (χ2n) is 10.4. The zero-order valence-corrected chi connectivity index (χ0v) is 21.8. The van der Waals surface area contributed by atoms with Gasteiger partial charge < -0.3 is 4.90 Å². The van der Waals surface area contributed by atoms with Gasteiger partial charge in [-0.05, 0) is 58.4 Å². The van der Waals surface area contributed by atoms with Crippen LogP contribution in [-0.4, -0.2) is 6.54 Å². The van der Waals surface area contributed by atoms with Crippen molar-refractivity contribution in [3.8, 4) is 11.1 Å². The lowest BCUT2D eigenvalue weighted by Gasteiger charge is -2.41. The van der Waals surface area contributed by atoms with Gasteiger partial charge in [0, 0.05) is 28.8 Å². The zero-order valence-electron chi connectivity index (χ0n) is 21.8. The van der Waals surface area contributed by atoms with Crippen LogP contribution in [0.3, 0.4) is 0 Å². The molecule has 0 radical (unpaired) electrons. The van der Waals surface area contributed by atoms with Crippen LogP contribution in [0, 0.1) is 11.3 Å². The highest BCUT2D eigenvalue weighted by atomic mass is 15.1. The maximum absolute atomic E-state index is 4.24. The summed E-state index contributed by atoms with van der Waals surface area (Å²) in [5.74, 6) is 0.479. The molecule has 1 heterocycles. The van der Waals surface area contributed by atoms with Crippen LogP contribution >= 0.6 is 0 Å². The number of fused-ring (bicyclic) bond motifs is 5. The molecule has 0 saturated carbocycles. The van der Waals surface area contributed by atoms with Gasteiger partial charge in [-0.2, -0.15) is 0 Å². The molecule has 0 saturated heterocycles. The van der Waals surface area contributed by atoms with Gasteiger partial charge in [0.2, 0.25) is 0 Å². The van der Waals surface area contributed by atoms with Gasteiger partial charge in [0.05, 0.1) is 0 Å². The topological polar surface area (TPSA) is 3.24 Å². The minimum Gasteiger partial charge on any atom is -0.341 e. The molecule has 2 aromatic carbocycles. The number of benzene rings is 2. The standard InChI is InChI=1S/C31H33N.C2H6/c1-7-26-29(8-2)32(20-21-12-11-13-22(18-21)30(26,3)4)23-16-17-28-25(19-23)24-14-9-10-15-27(24)31(28,5)6;1-2/h7-17,19,21H,1-2,18,20H2,3-6H3;1-2H3/b29-26-;. The van der Waals surface area contributed by atoms with Gasteiger partial charge >= 0.3 is 0 Å². The van der Waals surface area contributed by atoms with E-state index in [2.05, 4.69) is 106 Å². The van der Waals surface area contributed by atoms with Crippen molar-refractivity contribution >= 4 is 5.69 Å². The van der Waals surface area contributed by atoms with E-state index in [1.54, 1.807) is 0 Å². The highest BCUT2D eigenvalue weighted by Crippen LogP contribution is 2.51. The molecule has 2 aliphatic carbocycles. The summed E-state index contributed by atoms with van der Waals surface area (Å²) in [6.07, 6.45) is 12.0. The minimum atomic E-state index is -0.0850. The van der Waals surface area contributed by atoms with E-state index < -0.39 is 0 Å². The maximum Gasteiger partial charge on any atom is 0.0446 e. The summed E-state index contributed by atoms with van der Waals surface area (Å²) in [6, 6.07) is 15.9. The molecule has 1 heteroatoms. The first kappa shape index (κ1) is 24.1. The average molecular weight is 450 g/mol. The van der Waals surface area contributed by atoms with Crippen molar-refractivity contribution < 1.29 is 0 Å². The molecule has 0 aromatic heterocycles. The highest BCUT2D eigenvalue weighted by Gasteiger charge is 2.37. The third-order valence-corrected chi connectivity index (χ3v) is 7.90. The Balaban J connectivity index is 0.00000133. The molecule has 2 aromatic rings. The van der Waals surface area contributed by atoms with Crippen LogP contribution in [0.15, 0.2) is 103 Å². The summed E-state index contributed by atoms with van der Waals surface area (Å²) in [4.78, 5) is 2.47. The number of allylic oxidation sites excluding steroid dienone is 6. The van der Waals surface area contributed by atoms with Gasteiger partial charge in [-0.3, -0.25) is 0 Å². The summed E-state index contributed by atoms with van der Waals surface area (Å²) in [6.45, 7) is 22.7. The maximum atomic E-state index is 4.24. The molecule has 5 rings (SSSR count). The Morgan fingerprint density at radius 3 is 2.29 bits per heavy atom. The number of rotatable bonds is 3. The zero-order chi connectivity index (χ0) is 24.7. The fraction of sp³-hybridized carbons (Fsp3) is 0.333. The summed E-state index contributed by atoms with van der Waals surface area (Å²) in [5, 5.41) is 0. The van der Waals surface area contributed by atoms with Gasteiger partial charge in [0.15, 0.2) is 0 Å². The molecule has 0 N–H and O–H groups in total. The van der Waals surface area contributed by atoms with Crippen LogP contribution < -0.4 is 4.90 Å². The number of hydrogen-bond donors (Lipinski definition) is 0. The van der Waals surface area contributed by atoms with Crippen molar-refractivity contribution in [1.82, 2.24) is 0 Å². The number of nitrogens with zero attached hydrogens (tertiary/aromatic N) is 1. The van der Waals surface area contributed by atoms with Crippen molar-refractivity contribution in [2.75, 3.05) is 11.4 Å². The number of anilines is 1. The smallest absolute Gasteiger partial charge is 0.0446 e. The van der Waals surface area contributed by atoms with Crippen LogP contribution in [-0.2, 0) is 5.41 Å². The third-order valence-electron chi connectivity index (χ3n) is 7.90. The second kappa shape index (κ2) is 8.95. The molecule has 2 bridgehead atoms. The Kier molecular flexibility index (Phi) is 6.34. The van der Waals surface area contributed by atoms with E-state index in [-0.39, 0.29) is 10.8 Å². The third kappa shape index (κ3) is 3.63. The first-order valence-corrected chi connectivity index (χ1v) is 12.7. The highest BCUT2D eigenvalue weighted by molar-refractivity contribution is 5.83. The summed E-state index contributed by atoms with van der Waals surface area (Å²) in [5.41, 5.74) is 10.6. The van der Waals surface area contributed by atoms with Crippen molar-refractivity contribution in [2.45, 2.75) is 53.4 Å². The normalized spacial score (nSPS) is 23.4. The van der Waals surface area contributed by atoms with Crippen LogP contribution in [0.5, 0.6) is 0 Å². The Hall–Kier alpha value is -3.06. The largest absolute Gasteiger partial charge is 0.341 e. The van der Waals surface area contributed by atoms with Crippen LogP contribution in [0.1, 0.15) is 59.1 Å². The summed E-state index contributed by atoms with van der Waals surface area (Å²) in [7, 11) is 0. The van der Waals surface area contributed by atoms with Gasteiger partial charge in [-0.1, -0.05) is 115 Å². The molecule has 1 unspecified atom stereocenters. The monoisotopic (exact) mass is 449 g/mol. The molecular formula is C33H39N. The predicted octanol–water partition coefficient (Wildman–Crippen LogP) is 8.99. The van der Waals surface area contributed by atoms with E-state index in [1.165, 1.54) is 44.8 Å². The molecule has 0 fully saturated rings. The van der Waals surface area contributed by atoms with Crippen molar-refractivity contribution in [1.29, 1.82) is 0 Å². The first-order valence-electron chi connectivity index (χ1n) is 12.7. The van der Waals surface area contributed by atoms with Crippen molar-refractivity contribution in [3.05, 3.63) is 114 Å². The average Bonchev–Trinajstić information content (AvgIpc) is 3.08. The fourth-order valence-corrected chi connectivity index (χ4v) is 6.01. The molecule has 1 aliphatic heterocycles. The Morgan fingerprint density at radius 1 is 0.882 bits per heavy atom. The van der Waals surface area contributed by atoms with E-state index in [0.29, 0.717) is 5.92 Å². The van der Waals surface area contributed by atoms with E-state index in [9.17, 15) is 0 Å². The molecule has 176 valence electrons. The van der Waals surface area contributed by atoms with E-state index >= 15 is 0 Å². The first-order chi connectivity index (χ1) is 16.3. The lowest BCUT2D eigenvalue weighted by atomic mass is 9.70. The van der Waals surface area contributed by atoms with Gasteiger partial charge in [-0.15, -0.1) is 0 Å². The van der Waals surface area contributed by atoms with Crippen molar-refractivity contribution in [2.24, 2.45) is 11.3 Å². The van der Waals surface area contributed by atoms with Crippen LogP contribution in [0.25, 0.3) is 11.1 Å². The fourth-order valence-electron chi connectivity index (χ4n) is 6.01. The SMILES string of the molecule is C=C/C1=C(\C=C)C(C)(C)C2=CC=CC(C2)CN1c1ccc2c(c1)-c1ccccc1C2(C)C.CC. The molecule has 0 spiro atoms. The molecule has 0 amide bonds. The van der Waals surface area contributed by atoms with Crippen LogP contribution in [0.4, 0.5) is 5.69 Å². The Morgan fingerprint density at radius 2 is 1.59 bits per heavy atom. The number of hydrogen-bond acceptors (Lipinski definition) is 1. The van der Waals surface area contributed by atoms with E-state index in [4.69, 9.17) is 0 Å². The molecule has 1 atom stereocenters. The molecule has 34 heavy (non-hydrogen) atoms. The van der Waals surface area contributed by atoms with Gasteiger partial charge in [0.1, 0.15) is 0 Å². The van der Waals surface area contributed by atoms with Crippen LogP contribution in [0.2, 0.25) is 0 Å². The summed E-state index contributed by atoms with van der Waals surface area (Å²) >= 11 is 0. The van der Waals surface area contributed by atoms with Gasteiger partial charge in [-0.25, -0.2) is 0 Å². The molecule has 1 nitrogen and oxygen atoms in total. The lowest BCUT2D eigenvalue weighted by molar-refractivity contribution is 0.468. The van der Waals surface area contributed by atoms with Crippen molar-refractivity contribution in [3.63, 3.8) is 0 Å². The molecule has 3 aliphatic rings. The van der Waals surface area contributed by atoms with E-state index in [1.807, 2.05) is 26.0 Å². The second-order valence-corrected chi connectivity index (χ2v) is 10.4. The minimum absolute atomic E-state index is 0.0257. The van der Waals surface area contributed by atoms with E-state index in [0.717, 1.165) is 13.0 Å². The molecular weight excluding hydrogens is 410 g/mol.